The highest BCUT2D eigenvalue weighted by Gasteiger charge is 2.30. The number of rotatable bonds is 3. The zero-order valence-electron chi connectivity index (χ0n) is 10.4. The maximum atomic E-state index is 12.3. The fourth-order valence-electron chi connectivity index (χ4n) is 2.13. The highest BCUT2D eigenvalue weighted by molar-refractivity contribution is 5.75. The second-order valence-corrected chi connectivity index (χ2v) is 5.21. The molecule has 1 saturated heterocycles. The number of hydrogen-bond acceptors (Lipinski definition) is 2. The first-order valence-electron chi connectivity index (χ1n) is 6.44. The minimum atomic E-state index is 0.239. The zero-order chi connectivity index (χ0) is 11.5. The van der Waals surface area contributed by atoms with E-state index < -0.39 is 0 Å². The van der Waals surface area contributed by atoms with Crippen LogP contribution in [0.15, 0.2) is 0 Å². The summed E-state index contributed by atoms with van der Waals surface area (Å²) in [6.45, 7) is 8.76. The second kappa shape index (κ2) is 5.04. The van der Waals surface area contributed by atoms with Gasteiger partial charge >= 0.3 is 6.03 Å². The van der Waals surface area contributed by atoms with E-state index in [0.29, 0.717) is 6.04 Å². The lowest BCUT2D eigenvalue weighted by Gasteiger charge is -2.35. The Morgan fingerprint density at radius 2 is 2.00 bits per heavy atom. The molecule has 92 valence electrons. The molecule has 0 aromatic rings. The Bertz CT molecular complexity index is 245. The van der Waals surface area contributed by atoms with Crippen LogP contribution < -0.4 is 5.32 Å². The monoisotopic (exact) mass is 225 g/mol. The van der Waals surface area contributed by atoms with Crippen LogP contribution in [0.4, 0.5) is 4.79 Å². The van der Waals surface area contributed by atoms with E-state index in [2.05, 4.69) is 19.2 Å². The van der Waals surface area contributed by atoms with Crippen molar-refractivity contribution in [2.24, 2.45) is 5.92 Å². The summed E-state index contributed by atoms with van der Waals surface area (Å²) in [4.78, 5) is 16.4. The van der Waals surface area contributed by atoms with Crippen LogP contribution in [-0.2, 0) is 0 Å². The highest BCUT2D eigenvalue weighted by atomic mass is 16.2. The van der Waals surface area contributed by atoms with Crippen molar-refractivity contribution >= 4 is 6.03 Å². The van der Waals surface area contributed by atoms with Gasteiger partial charge in [-0.1, -0.05) is 0 Å². The molecule has 0 radical (unpaired) electrons. The summed E-state index contributed by atoms with van der Waals surface area (Å²) in [5, 5.41) is 3.28. The molecule has 2 amide bonds. The first-order valence-corrected chi connectivity index (χ1v) is 6.44. The van der Waals surface area contributed by atoms with Crippen molar-refractivity contribution in [3.63, 3.8) is 0 Å². The summed E-state index contributed by atoms with van der Waals surface area (Å²) in [6, 6.07) is 0.561. The minimum Gasteiger partial charge on any atom is -0.322 e. The third kappa shape index (κ3) is 2.88. The lowest BCUT2D eigenvalue weighted by molar-refractivity contribution is 0.132. The number of amides is 2. The van der Waals surface area contributed by atoms with Crippen molar-refractivity contribution in [1.29, 1.82) is 0 Å². The quantitative estimate of drug-likeness (QED) is 0.781. The molecular weight excluding hydrogens is 202 g/mol. The van der Waals surface area contributed by atoms with E-state index in [-0.39, 0.29) is 6.03 Å². The summed E-state index contributed by atoms with van der Waals surface area (Å²) < 4.78 is 0. The van der Waals surface area contributed by atoms with E-state index in [1.54, 1.807) is 0 Å². The summed E-state index contributed by atoms with van der Waals surface area (Å²) in [6.07, 6.45) is 2.61. The van der Waals surface area contributed by atoms with Gasteiger partial charge in [0.25, 0.3) is 0 Å². The Balaban J connectivity index is 1.91. The van der Waals surface area contributed by atoms with E-state index in [1.165, 1.54) is 12.8 Å². The van der Waals surface area contributed by atoms with Gasteiger partial charge in [-0.3, -0.25) is 0 Å². The molecule has 0 unspecified atom stereocenters. The number of nitrogens with zero attached hydrogens (tertiary/aromatic N) is 2. The van der Waals surface area contributed by atoms with Crippen molar-refractivity contribution in [2.45, 2.75) is 32.7 Å². The minimum absolute atomic E-state index is 0.239. The van der Waals surface area contributed by atoms with Gasteiger partial charge in [0.1, 0.15) is 0 Å². The standard InChI is InChI=1S/C12H23N3O/c1-10(2)15(9-11-3-4-11)12(16)14-7-5-13-6-8-14/h10-11,13H,3-9H2,1-2H3. The molecule has 2 aliphatic rings. The van der Waals surface area contributed by atoms with E-state index in [9.17, 15) is 4.79 Å². The lowest BCUT2D eigenvalue weighted by atomic mass is 10.2. The molecule has 1 aliphatic carbocycles. The molecule has 0 spiro atoms. The molecule has 2 fully saturated rings. The van der Waals surface area contributed by atoms with Crippen LogP contribution in [0.5, 0.6) is 0 Å². The Kier molecular flexibility index (Phi) is 3.69. The normalized spacial score (nSPS) is 21.3. The average molecular weight is 225 g/mol. The Hall–Kier alpha value is -0.770. The molecule has 0 atom stereocenters. The van der Waals surface area contributed by atoms with Crippen LogP contribution >= 0.6 is 0 Å². The molecule has 0 aromatic carbocycles. The molecule has 1 aliphatic heterocycles. The molecule has 2 rings (SSSR count). The number of nitrogens with one attached hydrogen (secondary N) is 1. The smallest absolute Gasteiger partial charge is 0.320 e. The maximum Gasteiger partial charge on any atom is 0.320 e. The summed E-state index contributed by atoms with van der Waals surface area (Å²) in [5.41, 5.74) is 0. The van der Waals surface area contributed by atoms with Crippen molar-refractivity contribution in [2.75, 3.05) is 32.7 Å². The number of carbonyl (C=O) groups excluding carboxylic acids is 1. The third-order valence-corrected chi connectivity index (χ3v) is 3.41. The SMILES string of the molecule is CC(C)N(CC1CC1)C(=O)N1CCNCC1. The fourth-order valence-corrected chi connectivity index (χ4v) is 2.13. The van der Waals surface area contributed by atoms with Crippen LogP contribution in [-0.4, -0.2) is 54.6 Å². The van der Waals surface area contributed by atoms with Gasteiger partial charge in [-0.25, -0.2) is 4.79 Å². The number of urea groups is 1. The highest BCUT2D eigenvalue weighted by Crippen LogP contribution is 2.30. The largest absolute Gasteiger partial charge is 0.322 e. The maximum absolute atomic E-state index is 12.3. The summed E-state index contributed by atoms with van der Waals surface area (Å²) >= 11 is 0. The fraction of sp³-hybridized carbons (Fsp3) is 0.917. The van der Waals surface area contributed by atoms with Gasteiger partial charge in [0.05, 0.1) is 0 Å². The summed E-state index contributed by atoms with van der Waals surface area (Å²) in [5.74, 6) is 0.772. The molecular formula is C12H23N3O. The van der Waals surface area contributed by atoms with Gasteiger partial charge in [-0.2, -0.15) is 0 Å². The lowest BCUT2D eigenvalue weighted by Crippen LogP contribution is -2.53. The number of piperazine rings is 1. The topological polar surface area (TPSA) is 35.6 Å². The van der Waals surface area contributed by atoms with Crippen molar-refractivity contribution in [3.05, 3.63) is 0 Å². The molecule has 0 aromatic heterocycles. The van der Waals surface area contributed by atoms with E-state index >= 15 is 0 Å². The molecule has 4 heteroatoms. The molecule has 1 N–H and O–H groups in total. The van der Waals surface area contributed by atoms with Gasteiger partial charge < -0.3 is 15.1 Å². The van der Waals surface area contributed by atoms with Crippen LogP contribution in [0.25, 0.3) is 0 Å². The summed E-state index contributed by atoms with van der Waals surface area (Å²) in [7, 11) is 0. The molecule has 16 heavy (non-hydrogen) atoms. The Morgan fingerprint density at radius 3 is 2.50 bits per heavy atom. The predicted octanol–water partition coefficient (Wildman–Crippen LogP) is 1.13. The van der Waals surface area contributed by atoms with Crippen LogP contribution in [0.2, 0.25) is 0 Å². The first kappa shape index (κ1) is 11.7. The van der Waals surface area contributed by atoms with E-state index in [4.69, 9.17) is 0 Å². The molecule has 1 saturated carbocycles. The van der Waals surface area contributed by atoms with Gasteiger partial charge in [0.2, 0.25) is 0 Å². The van der Waals surface area contributed by atoms with Crippen LogP contribution in [0.3, 0.4) is 0 Å². The first-order chi connectivity index (χ1) is 7.68. The zero-order valence-corrected chi connectivity index (χ0v) is 10.4. The van der Waals surface area contributed by atoms with Gasteiger partial charge in [-0.15, -0.1) is 0 Å². The Morgan fingerprint density at radius 1 is 1.38 bits per heavy atom. The molecule has 1 heterocycles. The van der Waals surface area contributed by atoms with Crippen molar-refractivity contribution < 1.29 is 4.79 Å². The second-order valence-electron chi connectivity index (χ2n) is 5.21. The van der Waals surface area contributed by atoms with Gasteiger partial charge in [0, 0.05) is 38.8 Å². The Labute approximate surface area is 98.0 Å². The molecule has 0 bridgehead atoms. The molecule has 4 nitrogen and oxygen atoms in total. The van der Waals surface area contributed by atoms with Crippen LogP contribution in [0.1, 0.15) is 26.7 Å². The number of carbonyl (C=O) groups is 1. The third-order valence-electron chi connectivity index (χ3n) is 3.41. The number of hydrogen-bond donors (Lipinski definition) is 1. The van der Waals surface area contributed by atoms with Crippen molar-refractivity contribution in [3.8, 4) is 0 Å². The average Bonchev–Trinajstić information content (AvgIpc) is 3.09. The van der Waals surface area contributed by atoms with Gasteiger partial charge in [0.15, 0.2) is 0 Å². The van der Waals surface area contributed by atoms with Crippen molar-refractivity contribution in [1.82, 2.24) is 15.1 Å². The van der Waals surface area contributed by atoms with Crippen LogP contribution in [0, 0.1) is 5.92 Å². The predicted molar refractivity (Wildman–Crippen MR) is 64.4 cm³/mol. The van der Waals surface area contributed by atoms with E-state index in [0.717, 1.165) is 38.6 Å². The van der Waals surface area contributed by atoms with Gasteiger partial charge in [-0.05, 0) is 32.6 Å². The van der Waals surface area contributed by atoms with E-state index in [1.807, 2.05) is 9.80 Å².